The molecule has 152 valence electrons. The molecular weight excluding hydrogens is 436 g/mol. The molecule has 0 radical (unpaired) electrons. The third-order valence-corrected chi connectivity index (χ3v) is 9.05. The number of nitrogens with one attached hydrogen (secondary N) is 1. The van der Waals surface area contributed by atoms with E-state index in [1.54, 1.807) is 29.3 Å². The number of carbonyl (C=O) groups excluding carboxylic acids is 1. The molecule has 1 atom stereocenters. The van der Waals surface area contributed by atoms with Crippen LogP contribution in [-0.4, -0.2) is 44.0 Å². The maximum absolute atomic E-state index is 12.7. The Kier molecular flexibility index (Phi) is 7.82. The van der Waals surface area contributed by atoms with Crippen LogP contribution in [0.15, 0.2) is 46.0 Å². The monoisotopic (exact) mass is 458 g/mol. The van der Waals surface area contributed by atoms with Gasteiger partial charge in [0.25, 0.3) is 10.0 Å². The van der Waals surface area contributed by atoms with Crippen molar-refractivity contribution in [3.05, 3.63) is 52.4 Å². The second-order valence-electron chi connectivity index (χ2n) is 6.61. The lowest BCUT2D eigenvalue weighted by Crippen LogP contribution is -2.45. The maximum atomic E-state index is 12.7. The van der Waals surface area contributed by atoms with E-state index in [1.807, 2.05) is 24.3 Å². The van der Waals surface area contributed by atoms with E-state index in [1.165, 1.54) is 15.6 Å². The summed E-state index contributed by atoms with van der Waals surface area (Å²) in [4.78, 5) is 12.5. The number of benzene rings is 1. The first-order chi connectivity index (χ1) is 13.5. The summed E-state index contributed by atoms with van der Waals surface area (Å²) >= 11 is 8.92. The Bertz CT molecular complexity index is 888. The lowest BCUT2D eigenvalue weighted by molar-refractivity contribution is -0.125. The molecule has 0 bridgehead atoms. The molecule has 2 aromatic rings. The Morgan fingerprint density at radius 3 is 2.93 bits per heavy atom. The molecule has 1 fully saturated rings. The molecule has 0 aliphatic carbocycles. The number of amides is 1. The highest BCUT2D eigenvalue weighted by molar-refractivity contribution is 7.98. The van der Waals surface area contributed by atoms with Crippen molar-refractivity contribution >= 4 is 50.6 Å². The fourth-order valence-corrected chi connectivity index (χ4v) is 6.81. The van der Waals surface area contributed by atoms with Gasteiger partial charge in [-0.15, -0.1) is 11.3 Å². The SMILES string of the molecule is O=C(NCCSCc1cccc(Cl)c1)[C@@H]1CCCN(S(=O)(=O)c2cccs2)C1. The predicted octanol–water partition coefficient (Wildman–Crippen LogP) is 3.85. The van der Waals surface area contributed by atoms with Gasteiger partial charge in [-0.2, -0.15) is 16.1 Å². The first-order valence-corrected chi connectivity index (χ1v) is 13.0. The van der Waals surface area contributed by atoms with E-state index in [4.69, 9.17) is 11.6 Å². The Labute approximate surface area is 179 Å². The molecule has 1 saturated heterocycles. The average molecular weight is 459 g/mol. The van der Waals surface area contributed by atoms with Crippen LogP contribution in [0.1, 0.15) is 18.4 Å². The molecule has 5 nitrogen and oxygen atoms in total. The quantitative estimate of drug-likeness (QED) is 0.610. The number of hydrogen-bond acceptors (Lipinski definition) is 5. The van der Waals surface area contributed by atoms with Gasteiger partial charge in [0.2, 0.25) is 5.91 Å². The molecule has 1 aliphatic rings. The topological polar surface area (TPSA) is 66.5 Å². The summed E-state index contributed by atoms with van der Waals surface area (Å²) in [7, 11) is -3.49. The maximum Gasteiger partial charge on any atom is 0.252 e. The van der Waals surface area contributed by atoms with Crippen LogP contribution in [0.2, 0.25) is 5.02 Å². The van der Waals surface area contributed by atoms with Gasteiger partial charge in [-0.3, -0.25) is 4.79 Å². The summed E-state index contributed by atoms with van der Waals surface area (Å²) < 4.78 is 27.1. The average Bonchev–Trinajstić information content (AvgIpc) is 3.23. The van der Waals surface area contributed by atoms with Crippen molar-refractivity contribution in [1.82, 2.24) is 9.62 Å². The van der Waals surface area contributed by atoms with Crippen molar-refractivity contribution in [3.63, 3.8) is 0 Å². The molecule has 1 aromatic heterocycles. The smallest absolute Gasteiger partial charge is 0.252 e. The first kappa shape index (κ1) is 21.6. The molecule has 1 amide bonds. The van der Waals surface area contributed by atoms with Gasteiger partial charge in [0, 0.05) is 36.2 Å². The van der Waals surface area contributed by atoms with E-state index < -0.39 is 10.0 Å². The van der Waals surface area contributed by atoms with Crippen molar-refractivity contribution in [2.24, 2.45) is 5.92 Å². The second-order valence-corrected chi connectivity index (χ2v) is 11.3. The third-order valence-electron chi connectivity index (χ3n) is 4.55. The van der Waals surface area contributed by atoms with Gasteiger partial charge < -0.3 is 5.32 Å². The summed E-state index contributed by atoms with van der Waals surface area (Å²) in [6.07, 6.45) is 1.42. The number of hydrogen-bond donors (Lipinski definition) is 1. The number of nitrogens with zero attached hydrogens (tertiary/aromatic N) is 1. The van der Waals surface area contributed by atoms with Gasteiger partial charge in [-0.05, 0) is 42.0 Å². The van der Waals surface area contributed by atoms with Crippen LogP contribution in [0.25, 0.3) is 0 Å². The minimum absolute atomic E-state index is 0.0607. The highest BCUT2D eigenvalue weighted by atomic mass is 35.5. The van der Waals surface area contributed by atoms with Gasteiger partial charge in [0.15, 0.2) is 0 Å². The van der Waals surface area contributed by atoms with Crippen LogP contribution in [0.4, 0.5) is 0 Å². The van der Waals surface area contributed by atoms with E-state index in [2.05, 4.69) is 5.32 Å². The summed E-state index contributed by atoms with van der Waals surface area (Å²) in [5.74, 6) is 1.28. The summed E-state index contributed by atoms with van der Waals surface area (Å²) in [5, 5.41) is 5.43. The highest BCUT2D eigenvalue weighted by Crippen LogP contribution is 2.26. The van der Waals surface area contributed by atoms with Crippen LogP contribution < -0.4 is 5.32 Å². The molecule has 2 heterocycles. The van der Waals surface area contributed by atoms with Gasteiger partial charge >= 0.3 is 0 Å². The highest BCUT2D eigenvalue weighted by Gasteiger charge is 2.33. The summed E-state index contributed by atoms with van der Waals surface area (Å²) in [5.41, 5.74) is 1.16. The Balaban J connectivity index is 1.43. The number of sulfonamides is 1. The number of carbonyl (C=O) groups is 1. The van der Waals surface area contributed by atoms with Gasteiger partial charge in [0.05, 0.1) is 5.92 Å². The zero-order valence-corrected chi connectivity index (χ0v) is 18.5. The second kappa shape index (κ2) is 10.1. The van der Waals surface area contributed by atoms with Gasteiger partial charge in [0.1, 0.15) is 4.21 Å². The largest absolute Gasteiger partial charge is 0.355 e. The van der Waals surface area contributed by atoms with E-state index in [9.17, 15) is 13.2 Å². The normalized spacial score (nSPS) is 18.1. The van der Waals surface area contributed by atoms with Crippen LogP contribution in [-0.2, 0) is 20.6 Å². The van der Waals surface area contributed by atoms with Crippen LogP contribution >= 0.6 is 34.7 Å². The third kappa shape index (κ3) is 5.73. The molecule has 1 aromatic carbocycles. The first-order valence-electron chi connectivity index (χ1n) is 9.10. The standard InChI is InChI=1S/C19H23ClN2O3S3/c20-17-6-1-4-15(12-17)14-26-11-8-21-19(23)16-5-2-9-22(13-16)28(24,25)18-7-3-10-27-18/h1,3-4,6-7,10,12,16H,2,5,8-9,11,13-14H2,(H,21,23)/t16-/m1/s1. The number of halogens is 1. The lowest BCUT2D eigenvalue weighted by atomic mass is 9.99. The molecule has 0 saturated carbocycles. The van der Waals surface area contributed by atoms with Crippen molar-refractivity contribution < 1.29 is 13.2 Å². The number of thioether (sulfide) groups is 1. The molecule has 0 unspecified atom stereocenters. The van der Waals surface area contributed by atoms with Gasteiger partial charge in [-0.1, -0.05) is 29.8 Å². The zero-order valence-electron chi connectivity index (χ0n) is 15.3. The van der Waals surface area contributed by atoms with Crippen LogP contribution in [0.5, 0.6) is 0 Å². The Morgan fingerprint density at radius 2 is 2.18 bits per heavy atom. The van der Waals surface area contributed by atoms with E-state index in [0.717, 1.165) is 28.5 Å². The molecule has 3 rings (SSSR count). The zero-order chi connectivity index (χ0) is 20.0. The number of piperidine rings is 1. The number of thiophene rings is 1. The van der Waals surface area contributed by atoms with Crippen molar-refractivity contribution in [3.8, 4) is 0 Å². The fraction of sp³-hybridized carbons (Fsp3) is 0.421. The van der Waals surface area contributed by atoms with E-state index >= 15 is 0 Å². The molecular formula is C19H23ClN2O3S3. The summed E-state index contributed by atoms with van der Waals surface area (Å²) in [6, 6.07) is 11.1. The molecule has 28 heavy (non-hydrogen) atoms. The number of rotatable bonds is 8. The minimum atomic E-state index is -3.49. The van der Waals surface area contributed by atoms with Crippen LogP contribution in [0.3, 0.4) is 0 Å². The molecule has 1 N–H and O–H groups in total. The lowest BCUT2D eigenvalue weighted by Gasteiger charge is -2.30. The Hall–Kier alpha value is -1.06. The van der Waals surface area contributed by atoms with Crippen molar-refractivity contribution in [1.29, 1.82) is 0 Å². The molecule has 1 aliphatic heterocycles. The van der Waals surface area contributed by atoms with E-state index in [-0.39, 0.29) is 18.4 Å². The minimum Gasteiger partial charge on any atom is -0.355 e. The van der Waals surface area contributed by atoms with Crippen LogP contribution in [0, 0.1) is 5.92 Å². The van der Waals surface area contributed by atoms with E-state index in [0.29, 0.717) is 23.7 Å². The van der Waals surface area contributed by atoms with Crippen molar-refractivity contribution in [2.75, 3.05) is 25.4 Å². The van der Waals surface area contributed by atoms with Gasteiger partial charge in [-0.25, -0.2) is 8.42 Å². The fourth-order valence-electron chi connectivity index (χ4n) is 3.12. The molecule has 0 spiro atoms. The predicted molar refractivity (Wildman–Crippen MR) is 116 cm³/mol. The summed E-state index contributed by atoms with van der Waals surface area (Å²) in [6.45, 7) is 1.29. The van der Waals surface area contributed by atoms with Crippen molar-refractivity contribution in [2.45, 2.75) is 22.8 Å². The molecule has 9 heteroatoms. The Morgan fingerprint density at radius 1 is 1.32 bits per heavy atom.